The summed E-state index contributed by atoms with van der Waals surface area (Å²) in [5, 5.41) is 0.690. The molecule has 3 aromatic carbocycles. The zero-order chi connectivity index (χ0) is 22.0. The highest BCUT2D eigenvalue weighted by molar-refractivity contribution is 6.30. The molecule has 0 aliphatic carbocycles. The van der Waals surface area contributed by atoms with E-state index in [1.54, 1.807) is 6.07 Å². The quantitative estimate of drug-likeness (QED) is 0.397. The molecule has 0 saturated carbocycles. The maximum atomic E-state index is 12.7. The Hall–Kier alpha value is -2.66. The molecule has 0 fully saturated rings. The van der Waals surface area contributed by atoms with Gasteiger partial charge in [0.2, 0.25) is 0 Å². The van der Waals surface area contributed by atoms with Gasteiger partial charge in [0.25, 0.3) is 0 Å². The smallest absolute Gasteiger partial charge is 0.406 e. The van der Waals surface area contributed by atoms with Gasteiger partial charge in [0, 0.05) is 17.3 Å². The van der Waals surface area contributed by atoms with Gasteiger partial charge in [-0.15, -0.1) is 13.2 Å². The van der Waals surface area contributed by atoms with Crippen molar-refractivity contribution in [2.45, 2.75) is 38.6 Å². The third-order valence-electron chi connectivity index (χ3n) is 5.58. The lowest BCUT2D eigenvalue weighted by Gasteiger charge is -2.40. The molecule has 2 nitrogen and oxygen atoms in total. The van der Waals surface area contributed by atoms with Crippen LogP contribution in [0.25, 0.3) is 11.1 Å². The maximum Gasteiger partial charge on any atom is 0.573 e. The molecule has 1 aliphatic rings. The summed E-state index contributed by atoms with van der Waals surface area (Å²) in [5.41, 5.74) is 5.41. The summed E-state index contributed by atoms with van der Waals surface area (Å²) in [6.07, 6.45) is -2.14. The number of nitrogens with zero attached hydrogens (tertiary/aromatic N) is 1. The molecular weight excluding hydrogens is 423 g/mol. The number of halogens is 4. The summed E-state index contributed by atoms with van der Waals surface area (Å²) >= 11 is 6.22. The van der Waals surface area contributed by atoms with Crippen molar-refractivity contribution in [2.75, 3.05) is 11.4 Å². The van der Waals surface area contributed by atoms with Crippen molar-refractivity contribution in [1.82, 2.24) is 0 Å². The van der Waals surface area contributed by atoms with Crippen molar-refractivity contribution >= 4 is 17.3 Å². The molecule has 0 spiro atoms. The van der Waals surface area contributed by atoms with Crippen LogP contribution in [0.4, 0.5) is 18.9 Å². The van der Waals surface area contributed by atoms with E-state index in [0.29, 0.717) is 5.02 Å². The highest BCUT2D eigenvalue weighted by Gasteiger charge is 2.32. The fourth-order valence-electron chi connectivity index (χ4n) is 4.42. The first-order valence-electron chi connectivity index (χ1n) is 10.4. The number of fused-ring (bicyclic) bond motifs is 1. The van der Waals surface area contributed by atoms with Crippen molar-refractivity contribution in [3.05, 3.63) is 82.9 Å². The van der Waals surface area contributed by atoms with Crippen LogP contribution >= 0.6 is 11.6 Å². The van der Waals surface area contributed by atoms with E-state index in [2.05, 4.69) is 34.8 Å². The van der Waals surface area contributed by atoms with Crippen LogP contribution < -0.4 is 9.64 Å². The van der Waals surface area contributed by atoms with Crippen molar-refractivity contribution in [3.63, 3.8) is 0 Å². The molecule has 4 rings (SSSR count). The Morgan fingerprint density at radius 1 is 1.03 bits per heavy atom. The van der Waals surface area contributed by atoms with E-state index in [1.807, 2.05) is 30.3 Å². The minimum Gasteiger partial charge on any atom is -0.406 e. The number of rotatable bonds is 5. The number of alkyl halides is 3. The molecule has 162 valence electrons. The molecule has 0 amide bonds. The van der Waals surface area contributed by atoms with E-state index in [0.717, 1.165) is 48.2 Å². The number of benzene rings is 3. The summed E-state index contributed by atoms with van der Waals surface area (Å²) in [6, 6.07) is 20.4. The zero-order valence-electron chi connectivity index (χ0n) is 17.1. The predicted molar refractivity (Wildman–Crippen MR) is 119 cm³/mol. The number of ether oxygens (including phenoxy) is 1. The molecule has 3 aromatic rings. The average Bonchev–Trinajstić information content (AvgIpc) is 2.73. The lowest BCUT2D eigenvalue weighted by Crippen LogP contribution is -2.34. The van der Waals surface area contributed by atoms with Crippen molar-refractivity contribution < 1.29 is 17.9 Å². The van der Waals surface area contributed by atoms with Crippen LogP contribution in [-0.4, -0.2) is 12.9 Å². The average molecular weight is 446 g/mol. The third-order valence-corrected chi connectivity index (χ3v) is 5.82. The minimum absolute atomic E-state index is 0.0150. The van der Waals surface area contributed by atoms with Gasteiger partial charge < -0.3 is 9.64 Å². The first-order chi connectivity index (χ1) is 14.9. The Balaban J connectivity index is 1.73. The highest BCUT2D eigenvalue weighted by atomic mass is 35.5. The summed E-state index contributed by atoms with van der Waals surface area (Å²) in [7, 11) is 0. The largest absolute Gasteiger partial charge is 0.573 e. The monoisotopic (exact) mass is 445 g/mol. The second kappa shape index (κ2) is 8.83. The van der Waals surface area contributed by atoms with Gasteiger partial charge in [-0.1, -0.05) is 54.9 Å². The molecule has 0 radical (unpaired) electrons. The zero-order valence-corrected chi connectivity index (χ0v) is 17.9. The van der Waals surface area contributed by atoms with Gasteiger partial charge in [-0.3, -0.25) is 0 Å². The van der Waals surface area contributed by atoms with E-state index in [4.69, 9.17) is 11.6 Å². The van der Waals surface area contributed by atoms with Crippen LogP contribution in [-0.2, 0) is 6.42 Å². The Labute approximate surface area is 185 Å². The van der Waals surface area contributed by atoms with Gasteiger partial charge in [0.15, 0.2) is 0 Å². The number of hydrogen-bond donors (Lipinski definition) is 0. The van der Waals surface area contributed by atoms with Gasteiger partial charge in [0.1, 0.15) is 5.75 Å². The molecule has 1 heterocycles. The highest BCUT2D eigenvalue weighted by Crippen LogP contribution is 2.43. The van der Waals surface area contributed by atoms with Gasteiger partial charge in [-0.25, -0.2) is 0 Å². The van der Waals surface area contributed by atoms with Crippen LogP contribution in [0, 0.1) is 0 Å². The summed E-state index contributed by atoms with van der Waals surface area (Å²) < 4.78 is 42.3. The SMILES string of the molecule is CCCN1c2cccc(-c3cccc(Cl)c3)c2CC[C@@H]1c1cccc(OC(F)(F)F)c1. The Kier molecular flexibility index (Phi) is 6.15. The third kappa shape index (κ3) is 4.82. The van der Waals surface area contributed by atoms with E-state index in [1.165, 1.54) is 17.7 Å². The normalized spacial score (nSPS) is 16.2. The topological polar surface area (TPSA) is 12.5 Å². The molecule has 0 bridgehead atoms. The maximum absolute atomic E-state index is 12.7. The van der Waals surface area contributed by atoms with Crippen LogP contribution in [0.2, 0.25) is 5.02 Å². The Bertz CT molecular complexity index is 1070. The summed E-state index contributed by atoms with van der Waals surface area (Å²) in [4.78, 5) is 2.31. The second-order valence-corrected chi connectivity index (χ2v) is 8.12. The van der Waals surface area contributed by atoms with Gasteiger partial charge in [0.05, 0.1) is 6.04 Å². The number of anilines is 1. The first-order valence-corrected chi connectivity index (χ1v) is 10.7. The standard InChI is InChI=1S/C25H23ClF3NO/c1-2-14-30-23(18-7-4-9-20(16-18)31-25(27,28)29)13-12-22-21(10-5-11-24(22)30)17-6-3-8-19(26)15-17/h3-11,15-16,23H,2,12-14H2,1H3/t23-/m1/s1. The lowest BCUT2D eigenvalue weighted by molar-refractivity contribution is -0.274. The summed E-state index contributed by atoms with van der Waals surface area (Å²) in [6.45, 7) is 2.91. The predicted octanol–water partition coefficient (Wildman–Crippen LogP) is 7.81. The van der Waals surface area contributed by atoms with E-state index >= 15 is 0 Å². The molecule has 0 unspecified atom stereocenters. The van der Waals surface area contributed by atoms with Crippen molar-refractivity contribution in [1.29, 1.82) is 0 Å². The van der Waals surface area contributed by atoms with E-state index in [-0.39, 0.29) is 11.8 Å². The fraction of sp³-hybridized carbons (Fsp3) is 0.280. The number of hydrogen-bond acceptors (Lipinski definition) is 2. The molecule has 6 heteroatoms. The van der Waals surface area contributed by atoms with Crippen LogP contribution in [0.1, 0.15) is 36.9 Å². The molecule has 0 N–H and O–H groups in total. The lowest BCUT2D eigenvalue weighted by atomic mass is 9.86. The first kappa shape index (κ1) is 21.6. The molecule has 1 atom stereocenters. The second-order valence-electron chi connectivity index (χ2n) is 7.68. The van der Waals surface area contributed by atoms with Crippen molar-refractivity contribution in [2.24, 2.45) is 0 Å². The fourth-order valence-corrected chi connectivity index (χ4v) is 4.61. The molecule has 31 heavy (non-hydrogen) atoms. The Morgan fingerprint density at radius 3 is 2.55 bits per heavy atom. The van der Waals surface area contributed by atoms with Crippen LogP contribution in [0.15, 0.2) is 66.7 Å². The van der Waals surface area contributed by atoms with Crippen LogP contribution in [0.5, 0.6) is 5.75 Å². The van der Waals surface area contributed by atoms with Gasteiger partial charge in [-0.05, 0) is 71.8 Å². The van der Waals surface area contributed by atoms with Crippen LogP contribution in [0.3, 0.4) is 0 Å². The molecule has 0 aromatic heterocycles. The Morgan fingerprint density at radius 2 is 1.81 bits per heavy atom. The minimum atomic E-state index is -4.70. The van der Waals surface area contributed by atoms with Gasteiger partial charge >= 0.3 is 6.36 Å². The molecule has 1 aliphatic heterocycles. The van der Waals surface area contributed by atoms with Crippen molar-refractivity contribution in [3.8, 4) is 16.9 Å². The molecule has 0 saturated heterocycles. The summed E-state index contributed by atoms with van der Waals surface area (Å²) in [5.74, 6) is -0.181. The van der Waals surface area contributed by atoms with E-state index < -0.39 is 6.36 Å². The molecular formula is C25H23ClF3NO. The van der Waals surface area contributed by atoms with E-state index in [9.17, 15) is 13.2 Å². The van der Waals surface area contributed by atoms with Gasteiger partial charge in [-0.2, -0.15) is 0 Å².